The number of hydrogen-bond acceptors (Lipinski definition) is 1. The zero-order chi connectivity index (χ0) is 16.2. The summed E-state index contributed by atoms with van der Waals surface area (Å²) in [5.41, 5.74) is 6.88. The highest BCUT2D eigenvalue weighted by atomic mass is 16.5. The van der Waals surface area contributed by atoms with E-state index in [1.807, 2.05) is 6.92 Å². The van der Waals surface area contributed by atoms with Crippen molar-refractivity contribution in [1.29, 1.82) is 0 Å². The van der Waals surface area contributed by atoms with Crippen LogP contribution in [0.15, 0.2) is 18.2 Å². The Hall–Kier alpha value is -1.24. The van der Waals surface area contributed by atoms with Gasteiger partial charge in [-0.15, -0.1) is 0 Å². The van der Waals surface area contributed by atoms with Crippen LogP contribution < -0.4 is 4.74 Å². The van der Waals surface area contributed by atoms with Gasteiger partial charge in [0.2, 0.25) is 0 Å². The number of benzene rings is 1. The van der Waals surface area contributed by atoms with Crippen LogP contribution in [0, 0.1) is 19.8 Å². The molecule has 1 heterocycles. The molecule has 0 radical (unpaired) electrons. The van der Waals surface area contributed by atoms with Gasteiger partial charge in [-0.05, 0) is 75.1 Å². The van der Waals surface area contributed by atoms with Crippen molar-refractivity contribution in [3.63, 3.8) is 0 Å². The minimum absolute atomic E-state index is 0.379. The molecule has 1 atom stereocenters. The van der Waals surface area contributed by atoms with E-state index in [4.69, 9.17) is 4.74 Å². The van der Waals surface area contributed by atoms with Crippen LogP contribution in [0.2, 0.25) is 0 Å². The zero-order valence-corrected chi connectivity index (χ0v) is 15.0. The van der Waals surface area contributed by atoms with Gasteiger partial charge in [-0.25, -0.2) is 0 Å². The topological polar surface area (TPSA) is 9.23 Å². The summed E-state index contributed by atoms with van der Waals surface area (Å²) in [4.78, 5) is 0. The second-order valence-electron chi connectivity index (χ2n) is 6.62. The van der Waals surface area contributed by atoms with E-state index in [9.17, 15) is 0 Å². The van der Waals surface area contributed by atoms with Gasteiger partial charge in [0.15, 0.2) is 0 Å². The first-order valence-electron chi connectivity index (χ1n) is 8.21. The monoisotopic (exact) mass is 288 g/mol. The standard InChI is InChI=1S/C14H20O.C6H12/c1-5-12-9(2)8-10(3)13-7-6-11(4)15-14(12)13;1-5(2)6(3)4/h8,11H,5-7H2,1-4H3;6H,1H2,2-4H3. The SMILES string of the molecule is C=C(C)C(C)C.CCc1c(C)cc(C)c2c1OC(C)CC2. The molecule has 0 N–H and O–H groups in total. The third kappa shape index (κ3) is 4.62. The number of fused-ring (bicyclic) bond motifs is 1. The second kappa shape index (κ2) is 7.68. The largest absolute Gasteiger partial charge is 0.490 e. The fraction of sp³-hybridized carbons (Fsp3) is 0.600. The first kappa shape index (κ1) is 17.8. The van der Waals surface area contributed by atoms with Crippen molar-refractivity contribution in [3.05, 3.63) is 40.5 Å². The van der Waals surface area contributed by atoms with Crippen LogP contribution >= 0.6 is 0 Å². The van der Waals surface area contributed by atoms with E-state index in [-0.39, 0.29) is 0 Å². The molecular weight excluding hydrogens is 256 g/mol. The first-order valence-corrected chi connectivity index (χ1v) is 8.21. The quantitative estimate of drug-likeness (QED) is 0.625. The van der Waals surface area contributed by atoms with Crippen molar-refractivity contribution in [2.75, 3.05) is 0 Å². The normalized spacial score (nSPS) is 16.7. The van der Waals surface area contributed by atoms with E-state index in [2.05, 4.69) is 54.2 Å². The Morgan fingerprint density at radius 2 is 1.90 bits per heavy atom. The second-order valence-corrected chi connectivity index (χ2v) is 6.62. The smallest absolute Gasteiger partial charge is 0.126 e. The Morgan fingerprint density at radius 3 is 2.38 bits per heavy atom. The predicted octanol–water partition coefficient (Wildman–Crippen LogP) is 5.80. The molecule has 0 amide bonds. The molecule has 0 aliphatic carbocycles. The molecule has 0 saturated heterocycles. The predicted molar refractivity (Wildman–Crippen MR) is 93.4 cm³/mol. The van der Waals surface area contributed by atoms with E-state index in [1.54, 1.807) is 0 Å². The highest BCUT2D eigenvalue weighted by molar-refractivity contribution is 5.51. The number of rotatable bonds is 2. The molecule has 0 bridgehead atoms. The average molecular weight is 288 g/mol. The van der Waals surface area contributed by atoms with Crippen LogP contribution in [0.3, 0.4) is 0 Å². The summed E-state index contributed by atoms with van der Waals surface area (Å²) in [6.45, 7) is 18.8. The molecule has 1 nitrogen and oxygen atoms in total. The summed E-state index contributed by atoms with van der Waals surface area (Å²) in [6, 6.07) is 2.30. The summed E-state index contributed by atoms with van der Waals surface area (Å²) < 4.78 is 6.02. The molecule has 0 fully saturated rings. The molecule has 0 saturated carbocycles. The summed E-state index contributed by atoms with van der Waals surface area (Å²) in [5, 5.41) is 0. The Labute approximate surface area is 131 Å². The number of hydrogen-bond donors (Lipinski definition) is 0. The van der Waals surface area contributed by atoms with Crippen LogP contribution in [0.25, 0.3) is 0 Å². The molecular formula is C20H32O. The number of aryl methyl sites for hydroxylation is 2. The van der Waals surface area contributed by atoms with Gasteiger partial charge < -0.3 is 4.74 Å². The van der Waals surface area contributed by atoms with Gasteiger partial charge in [0, 0.05) is 0 Å². The fourth-order valence-electron chi connectivity index (χ4n) is 2.54. The lowest BCUT2D eigenvalue weighted by Crippen LogP contribution is -2.21. The van der Waals surface area contributed by atoms with Crippen LogP contribution in [0.4, 0.5) is 0 Å². The Kier molecular flexibility index (Phi) is 6.51. The zero-order valence-electron chi connectivity index (χ0n) is 15.0. The molecule has 0 spiro atoms. The van der Waals surface area contributed by atoms with Crippen LogP contribution in [-0.2, 0) is 12.8 Å². The van der Waals surface area contributed by atoms with Crippen molar-refractivity contribution >= 4 is 0 Å². The van der Waals surface area contributed by atoms with Gasteiger partial charge in [0.1, 0.15) is 5.75 Å². The Morgan fingerprint density at radius 1 is 1.33 bits per heavy atom. The Balaban J connectivity index is 0.000000315. The lowest BCUT2D eigenvalue weighted by molar-refractivity contribution is 0.190. The molecule has 21 heavy (non-hydrogen) atoms. The molecule has 1 aromatic carbocycles. The highest BCUT2D eigenvalue weighted by Crippen LogP contribution is 2.36. The maximum Gasteiger partial charge on any atom is 0.126 e. The molecule has 1 unspecified atom stereocenters. The lowest BCUT2D eigenvalue weighted by atomic mass is 9.91. The van der Waals surface area contributed by atoms with Crippen molar-refractivity contribution in [2.45, 2.75) is 73.8 Å². The van der Waals surface area contributed by atoms with E-state index in [0.717, 1.165) is 12.8 Å². The Bertz CT molecular complexity index is 477. The van der Waals surface area contributed by atoms with Crippen molar-refractivity contribution in [2.24, 2.45) is 5.92 Å². The summed E-state index contributed by atoms with van der Waals surface area (Å²) >= 11 is 0. The lowest BCUT2D eigenvalue weighted by Gasteiger charge is -2.28. The number of ether oxygens (including phenoxy) is 1. The van der Waals surface area contributed by atoms with Crippen LogP contribution in [-0.4, -0.2) is 6.10 Å². The summed E-state index contributed by atoms with van der Waals surface area (Å²) in [5.74, 6) is 1.85. The van der Waals surface area contributed by atoms with Crippen LogP contribution in [0.1, 0.15) is 63.3 Å². The van der Waals surface area contributed by atoms with Crippen molar-refractivity contribution in [1.82, 2.24) is 0 Å². The van der Waals surface area contributed by atoms with Gasteiger partial charge >= 0.3 is 0 Å². The van der Waals surface area contributed by atoms with Gasteiger partial charge in [0.25, 0.3) is 0 Å². The molecule has 118 valence electrons. The third-order valence-corrected chi connectivity index (χ3v) is 4.39. The fourth-order valence-corrected chi connectivity index (χ4v) is 2.54. The van der Waals surface area contributed by atoms with Gasteiger partial charge in [-0.3, -0.25) is 0 Å². The van der Waals surface area contributed by atoms with Crippen LogP contribution in [0.5, 0.6) is 5.75 Å². The molecule has 0 aromatic heterocycles. The summed E-state index contributed by atoms with van der Waals surface area (Å²) in [6.07, 6.45) is 3.78. The van der Waals surface area contributed by atoms with Gasteiger partial charge in [-0.2, -0.15) is 0 Å². The molecule has 1 aliphatic rings. The van der Waals surface area contributed by atoms with E-state index < -0.39 is 0 Å². The van der Waals surface area contributed by atoms with Gasteiger partial charge in [0.05, 0.1) is 6.10 Å². The maximum atomic E-state index is 6.02. The maximum absolute atomic E-state index is 6.02. The van der Waals surface area contributed by atoms with Crippen molar-refractivity contribution < 1.29 is 4.74 Å². The first-order chi connectivity index (χ1) is 9.77. The van der Waals surface area contributed by atoms with Gasteiger partial charge in [-0.1, -0.05) is 39.0 Å². The highest BCUT2D eigenvalue weighted by Gasteiger charge is 2.21. The molecule has 1 aliphatic heterocycles. The third-order valence-electron chi connectivity index (χ3n) is 4.39. The molecule has 1 heteroatoms. The molecule has 2 rings (SSSR count). The minimum atomic E-state index is 0.379. The van der Waals surface area contributed by atoms with E-state index in [0.29, 0.717) is 12.0 Å². The summed E-state index contributed by atoms with van der Waals surface area (Å²) in [7, 11) is 0. The minimum Gasteiger partial charge on any atom is -0.490 e. The number of allylic oxidation sites excluding steroid dienone is 1. The van der Waals surface area contributed by atoms with E-state index >= 15 is 0 Å². The van der Waals surface area contributed by atoms with E-state index in [1.165, 1.54) is 40.0 Å². The van der Waals surface area contributed by atoms with Crippen molar-refractivity contribution in [3.8, 4) is 5.75 Å². The molecule has 1 aromatic rings. The average Bonchev–Trinajstić information content (AvgIpc) is 2.39.